The topological polar surface area (TPSA) is 108 Å². The molecule has 2 N–H and O–H groups in total. The molecule has 0 unspecified atom stereocenters. The van der Waals surface area contributed by atoms with Gasteiger partial charge in [-0.1, -0.05) is 12.1 Å². The van der Waals surface area contributed by atoms with Crippen LogP contribution in [0.15, 0.2) is 47.4 Å². The Balaban J connectivity index is 2.48. The fraction of sp³-hybridized carbons (Fsp3) is 0.125. The lowest BCUT2D eigenvalue weighted by molar-refractivity contribution is -0.114. The average molecular weight is 345 g/mol. The molecule has 0 aliphatic heterocycles. The van der Waals surface area contributed by atoms with Crippen molar-refractivity contribution in [2.45, 2.75) is 11.8 Å². The molecule has 0 aromatic heterocycles. The highest BCUT2D eigenvalue weighted by atomic mass is 32.2. The summed E-state index contributed by atoms with van der Waals surface area (Å²) in [5, 5.41) is 11.6. The Bertz CT molecular complexity index is 917. The Hall–Kier alpha value is -3.05. The zero-order chi connectivity index (χ0) is 17.7. The maximum absolute atomic E-state index is 12.7. The summed E-state index contributed by atoms with van der Waals surface area (Å²) in [4.78, 5) is 11.0. The summed E-state index contributed by atoms with van der Waals surface area (Å²) >= 11 is 0. The molecule has 7 nitrogen and oxygen atoms in total. The number of carbonyl (C=O) groups excluding carboxylic acids is 1. The molecule has 0 saturated heterocycles. The van der Waals surface area contributed by atoms with Gasteiger partial charge in [0.05, 0.1) is 18.4 Å². The third-order valence-electron chi connectivity index (χ3n) is 3.07. The van der Waals surface area contributed by atoms with Crippen LogP contribution in [0.25, 0.3) is 0 Å². The van der Waals surface area contributed by atoms with Gasteiger partial charge in [-0.3, -0.25) is 9.52 Å². The zero-order valence-electron chi connectivity index (χ0n) is 13.0. The first-order chi connectivity index (χ1) is 11.4. The third-order valence-corrected chi connectivity index (χ3v) is 4.45. The van der Waals surface area contributed by atoms with Crippen molar-refractivity contribution in [1.29, 1.82) is 5.26 Å². The second-order valence-electron chi connectivity index (χ2n) is 4.81. The minimum absolute atomic E-state index is 0.117. The average Bonchev–Trinajstić information content (AvgIpc) is 2.54. The number of nitriles is 1. The van der Waals surface area contributed by atoms with Crippen molar-refractivity contribution < 1.29 is 17.9 Å². The number of benzene rings is 2. The predicted molar refractivity (Wildman–Crippen MR) is 89.3 cm³/mol. The number of para-hydroxylation sites is 1. The number of hydrogen-bond donors (Lipinski definition) is 2. The van der Waals surface area contributed by atoms with Crippen molar-refractivity contribution in [3.63, 3.8) is 0 Å². The number of carbonyl (C=O) groups is 1. The maximum atomic E-state index is 12.7. The number of nitrogens with zero attached hydrogens (tertiary/aromatic N) is 1. The van der Waals surface area contributed by atoms with Crippen LogP contribution in [0.2, 0.25) is 0 Å². The van der Waals surface area contributed by atoms with Crippen molar-refractivity contribution >= 4 is 27.3 Å². The normalized spacial score (nSPS) is 10.5. The molecule has 0 fully saturated rings. The van der Waals surface area contributed by atoms with Crippen molar-refractivity contribution in [1.82, 2.24) is 0 Å². The number of nitrogens with one attached hydrogen (secondary N) is 2. The van der Waals surface area contributed by atoms with Crippen LogP contribution in [0.5, 0.6) is 5.75 Å². The Morgan fingerprint density at radius 2 is 1.92 bits per heavy atom. The van der Waals surface area contributed by atoms with Crippen LogP contribution in [0.1, 0.15) is 12.5 Å². The first-order valence-corrected chi connectivity index (χ1v) is 8.33. The first-order valence-electron chi connectivity index (χ1n) is 6.85. The Kier molecular flexibility index (Phi) is 5.06. The van der Waals surface area contributed by atoms with Crippen LogP contribution in [-0.4, -0.2) is 21.4 Å². The highest BCUT2D eigenvalue weighted by molar-refractivity contribution is 7.92. The summed E-state index contributed by atoms with van der Waals surface area (Å²) in [7, 11) is -2.68. The van der Waals surface area contributed by atoms with Crippen molar-refractivity contribution in [3.8, 4) is 11.8 Å². The Morgan fingerprint density at radius 3 is 2.54 bits per heavy atom. The smallest absolute Gasteiger partial charge is 0.265 e. The number of amides is 1. The van der Waals surface area contributed by atoms with E-state index in [2.05, 4.69) is 10.0 Å². The maximum Gasteiger partial charge on any atom is 0.265 e. The monoisotopic (exact) mass is 345 g/mol. The standard InChI is InChI=1S/C16H15N3O4S/c1-11(20)18-13-7-8-15(23-2)16(9-13)24(21,22)19-14-6-4-3-5-12(14)10-17/h3-9,19H,1-2H3,(H,18,20). The quantitative estimate of drug-likeness (QED) is 0.864. The molecule has 0 radical (unpaired) electrons. The van der Waals surface area contributed by atoms with Crippen molar-refractivity contribution in [3.05, 3.63) is 48.0 Å². The zero-order valence-corrected chi connectivity index (χ0v) is 13.8. The molecule has 1 amide bonds. The molecular weight excluding hydrogens is 330 g/mol. The van der Waals surface area contributed by atoms with E-state index in [1.807, 2.05) is 6.07 Å². The van der Waals surface area contributed by atoms with Crippen LogP contribution in [-0.2, 0) is 14.8 Å². The van der Waals surface area contributed by atoms with Crippen LogP contribution < -0.4 is 14.8 Å². The van der Waals surface area contributed by atoms with E-state index in [1.54, 1.807) is 12.1 Å². The van der Waals surface area contributed by atoms with E-state index in [0.717, 1.165) is 0 Å². The highest BCUT2D eigenvalue weighted by Gasteiger charge is 2.21. The summed E-state index contributed by atoms with van der Waals surface area (Å²) in [5.41, 5.74) is 0.669. The van der Waals surface area contributed by atoms with E-state index in [0.29, 0.717) is 5.69 Å². The summed E-state index contributed by atoms with van der Waals surface area (Å²) in [6, 6.07) is 12.4. The third kappa shape index (κ3) is 3.83. The van der Waals surface area contributed by atoms with Gasteiger partial charge in [0.2, 0.25) is 5.91 Å². The molecule has 0 heterocycles. The molecular formula is C16H15N3O4S. The van der Waals surface area contributed by atoms with Gasteiger partial charge in [0.1, 0.15) is 16.7 Å². The molecule has 0 saturated carbocycles. The summed E-state index contributed by atoms with van der Waals surface area (Å²) in [6.45, 7) is 1.32. The van der Waals surface area contributed by atoms with E-state index < -0.39 is 10.0 Å². The van der Waals surface area contributed by atoms with Crippen LogP contribution in [0.3, 0.4) is 0 Å². The van der Waals surface area contributed by atoms with Crippen LogP contribution >= 0.6 is 0 Å². The molecule has 0 bridgehead atoms. The van der Waals surface area contributed by atoms with Crippen LogP contribution in [0, 0.1) is 11.3 Å². The summed E-state index contributed by atoms with van der Waals surface area (Å²) < 4.78 is 32.8. The Labute approximate surface area is 139 Å². The molecule has 2 rings (SSSR count). The minimum atomic E-state index is -4.02. The highest BCUT2D eigenvalue weighted by Crippen LogP contribution is 2.29. The lowest BCUT2D eigenvalue weighted by atomic mass is 10.2. The van der Waals surface area contributed by atoms with E-state index in [1.165, 1.54) is 44.4 Å². The molecule has 8 heteroatoms. The number of anilines is 2. The van der Waals surface area contributed by atoms with Crippen LogP contribution in [0.4, 0.5) is 11.4 Å². The largest absolute Gasteiger partial charge is 0.495 e. The van der Waals surface area contributed by atoms with Gasteiger partial charge in [0, 0.05) is 12.6 Å². The number of methoxy groups -OCH3 is 1. The molecule has 0 atom stereocenters. The number of ether oxygens (including phenoxy) is 1. The molecule has 2 aromatic carbocycles. The van der Waals surface area contributed by atoms with Gasteiger partial charge in [-0.2, -0.15) is 5.26 Å². The number of hydrogen-bond acceptors (Lipinski definition) is 5. The molecule has 2 aromatic rings. The predicted octanol–water partition coefficient (Wildman–Crippen LogP) is 2.33. The second kappa shape index (κ2) is 7.02. The fourth-order valence-corrected chi connectivity index (χ4v) is 3.31. The van der Waals surface area contributed by atoms with Gasteiger partial charge < -0.3 is 10.1 Å². The number of rotatable bonds is 5. The fourth-order valence-electron chi connectivity index (χ4n) is 2.04. The van der Waals surface area contributed by atoms with E-state index in [4.69, 9.17) is 10.00 Å². The van der Waals surface area contributed by atoms with Crippen molar-refractivity contribution in [2.75, 3.05) is 17.1 Å². The summed E-state index contributed by atoms with van der Waals surface area (Å²) in [6.07, 6.45) is 0. The first kappa shape index (κ1) is 17.3. The molecule has 0 aliphatic carbocycles. The van der Waals surface area contributed by atoms with Crippen molar-refractivity contribution in [2.24, 2.45) is 0 Å². The second-order valence-corrected chi connectivity index (χ2v) is 6.46. The molecule has 0 aliphatic rings. The van der Waals surface area contributed by atoms with Gasteiger partial charge in [-0.25, -0.2) is 8.42 Å². The minimum Gasteiger partial charge on any atom is -0.495 e. The van der Waals surface area contributed by atoms with Gasteiger partial charge in [0.15, 0.2) is 0 Å². The van der Waals surface area contributed by atoms with Gasteiger partial charge >= 0.3 is 0 Å². The lowest BCUT2D eigenvalue weighted by Gasteiger charge is -2.14. The van der Waals surface area contributed by atoms with E-state index in [-0.39, 0.29) is 27.8 Å². The Morgan fingerprint density at radius 1 is 1.21 bits per heavy atom. The molecule has 24 heavy (non-hydrogen) atoms. The number of sulfonamides is 1. The van der Waals surface area contributed by atoms with Gasteiger partial charge in [0.25, 0.3) is 10.0 Å². The van der Waals surface area contributed by atoms with Gasteiger partial charge in [-0.05, 0) is 30.3 Å². The van der Waals surface area contributed by atoms with E-state index >= 15 is 0 Å². The lowest BCUT2D eigenvalue weighted by Crippen LogP contribution is -2.16. The molecule has 0 spiro atoms. The molecule has 124 valence electrons. The van der Waals surface area contributed by atoms with E-state index in [9.17, 15) is 13.2 Å². The summed E-state index contributed by atoms with van der Waals surface area (Å²) in [5.74, 6) is -0.211. The van der Waals surface area contributed by atoms with Gasteiger partial charge in [-0.15, -0.1) is 0 Å². The SMILES string of the molecule is COc1ccc(NC(C)=O)cc1S(=O)(=O)Nc1ccccc1C#N.